The van der Waals surface area contributed by atoms with Crippen molar-refractivity contribution < 1.29 is 14.3 Å². The zero-order valence-corrected chi connectivity index (χ0v) is 12.0. The molecule has 1 aromatic rings. The number of hydrogen-bond donors (Lipinski definition) is 1. The lowest BCUT2D eigenvalue weighted by Crippen LogP contribution is -2.26. The van der Waals surface area contributed by atoms with Gasteiger partial charge in [0.25, 0.3) is 0 Å². The Morgan fingerprint density at radius 3 is 2.70 bits per heavy atom. The zero-order chi connectivity index (χ0) is 14.9. The summed E-state index contributed by atoms with van der Waals surface area (Å²) in [5.74, 6) is -0.697. The minimum atomic E-state index is -0.573. The number of halogens is 2. The fraction of sp³-hybridized carbons (Fsp3) is 0.333. The highest BCUT2D eigenvalue weighted by atomic mass is 35.5. The first-order chi connectivity index (χ1) is 9.28. The monoisotopic (exact) mass is 295 g/mol. The number of benzene rings is 1. The molecule has 0 bridgehead atoms. The van der Waals surface area contributed by atoms with Gasteiger partial charge < -0.3 is 5.11 Å². The number of aliphatic hydroxyl groups is 1. The van der Waals surface area contributed by atoms with E-state index in [0.29, 0.717) is 18.5 Å². The average Bonchev–Trinajstić information content (AvgIpc) is 2.31. The van der Waals surface area contributed by atoms with Crippen molar-refractivity contribution in [1.29, 1.82) is 0 Å². The summed E-state index contributed by atoms with van der Waals surface area (Å²) in [5, 5.41) is 9.94. The minimum Gasteiger partial charge on any atom is -0.511 e. The van der Waals surface area contributed by atoms with Gasteiger partial charge in [0.15, 0.2) is 5.78 Å². The maximum Gasteiger partial charge on any atom is 0.168 e. The van der Waals surface area contributed by atoms with Crippen molar-refractivity contribution in [2.75, 3.05) is 0 Å². The predicted octanol–water partition coefficient (Wildman–Crippen LogP) is 4.38. The van der Waals surface area contributed by atoms with Gasteiger partial charge in [-0.3, -0.25) is 9.79 Å². The fourth-order valence-electron chi connectivity index (χ4n) is 2.15. The van der Waals surface area contributed by atoms with Crippen molar-refractivity contribution in [3.05, 3.63) is 40.4 Å². The largest absolute Gasteiger partial charge is 0.511 e. The van der Waals surface area contributed by atoms with Crippen molar-refractivity contribution in [2.24, 2.45) is 10.4 Å². The number of aliphatic hydroxyl groups excluding tert-OH is 1. The number of allylic oxidation sites excluding steroid dienone is 2. The van der Waals surface area contributed by atoms with Gasteiger partial charge in [0.2, 0.25) is 0 Å². The Kier molecular flexibility index (Phi) is 3.95. The van der Waals surface area contributed by atoms with E-state index in [1.165, 1.54) is 24.4 Å². The number of carbonyl (C=O) groups excluding carboxylic acids is 1. The second kappa shape index (κ2) is 5.37. The Morgan fingerprint density at radius 2 is 2.10 bits per heavy atom. The summed E-state index contributed by atoms with van der Waals surface area (Å²) in [6.07, 6.45) is 2.07. The number of ketones is 1. The molecule has 1 aromatic carbocycles. The molecule has 0 spiro atoms. The lowest BCUT2D eigenvalue weighted by atomic mass is 9.77. The molecule has 20 heavy (non-hydrogen) atoms. The minimum absolute atomic E-state index is 0.0153. The molecule has 0 atom stereocenters. The summed E-state index contributed by atoms with van der Waals surface area (Å²) in [5.41, 5.74) is 0.287. The predicted molar refractivity (Wildman–Crippen MR) is 77.2 cm³/mol. The molecule has 0 fully saturated rings. The Bertz CT molecular complexity index is 620. The van der Waals surface area contributed by atoms with Crippen LogP contribution in [0.4, 0.5) is 10.1 Å². The summed E-state index contributed by atoms with van der Waals surface area (Å²) in [6, 6.07) is 4.11. The van der Waals surface area contributed by atoms with Crippen molar-refractivity contribution >= 4 is 29.3 Å². The second-order valence-corrected chi connectivity index (χ2v) is 6.07. The molecular formula is C15H15ClFNO2. The Labute approximate surface area is 121 Å². The first-order valence-corrected chi connectivity index (χ1v) is 6.61. The second-order valence-electron chi connectivity index (χ2n) is 5.66. The van der Waals surface area contributed by atoms with E-state index in [4.69, 9.17) is 11.6 Å². The topological polar surface area (TPSA) is 49.7 Å². The molecule has 5 heteroatoms. The van der Waals surface area contributed by atoms with Crippen LogP contribution in [0.3, 0.4) is 0 Å². The normalized spacial score (nSPS) is 18.9. The molecule has 0 aromatic heterocycles. The Hall–Kier alpha value is -1.68. The summed E-state index contributed by atoms with van der Waals surface area (Å²) in [7, 11) is 0. The summed E-state index contributed by atoms with van der Waals surface area (Å²) < 4.78 is 13.3. The number of rotatable bonds is 2. The number of carbonyl (C=O) groups is 1. The molecule has 0 unspecified atom stereocenters. The number of Topliss-reactive ketones (excluding diaryl/α,β-unsaturated/α-hetero) is 1. The van der Waals surface area contributed by atoms with Gasteiger partial charge in [-0.15, -0.1) is 0 Å². The van der Waals surface area contributed by atoms with Crippen LogP contribution in [-0.4, -0.2) is 17.1 Å². The standard InChI is InChI=1S/C15H15ClFNO2/c1-15(2)6-13(19)10(14(20)7-15)8-18-9-3-4-11(16)12(17)5-9/h3-5,8,19H,6-7H2,1-2H3. The number of nitrogens with zero attached hydrogens (tertiary/aromatic N) is 1. The molecule has 0 radical (unpaired) electrons. The first-order valence-electron chi connectivity index (χ1n) is 6.23. The molecule has 1 aliphatic carbocycles. The van der Waals surface area contributed by atoms with E-state index in [1.807, 2.05) is 13.8 Å². The Morgan fingerprint density at radius 1 is 1.40 bits per heavy atom. The molecule has 0 amide bonds. The van der Waals surface area contributed by atoms with E-state index in [1.54, 1.807) is 0 Å². The van der Waals surface area contributed by atoms with Gasteiger partial charge in [-0.2, -0.15) is 0 Å². The number of aliphatic imine (C=N–C) groups is 1. The van der Waals surface area contributed by atoms with E-state index < -0.39 is 5.82 Å². The van der Waals surface area contributed by atoms with Crippen LogP contribution < -0.4 is 0 Å². The molecular weight excluding hydrogens is 281 g/mol. The highest BCUT2D eigenvalue weighted by molar-refractivity contribution is 6.30. The molecule has 0 heterocycles. The summed E-state index contributed by atoms with van der Waals surface area (Å²) in [4.78, 5) is 16.0. The summed E-state index contributed by atoms with van der Waals surface area (Å²) >= 11 is 5.58. The van der Waals surface area contributed by atoms with Crippen molar-refractivity contribution in [3.8, 4) is 0 Å². The van der Waals surface area contributed by atoms with Crippen LogP contribution >= 0.6 is 11.6 Å². The molecule has 0 saturated heterocycles. The number of hydrogen-bond acceptors (Lipinski definition) is 3. The van der Waals surface area contributed by atoms with E-state index in [2.05, 4.69) is 4.99 Å². The van der Waals surface area contributed by atoms with Crippen LogP contribution in [0.25, 0.3) is 0 Å². The molecule has 1 aliphatic rings. The first kappa shape index (κ1) is 14.7. The summed E-state index contributed by atoms with van der Waals surface area (Å²) in [6.45, 7) is 3.84. The third-order valence-electron chi connectivity index (χ3n) is 3.14. The molecule has 0 aliphatic heterocycles. The van der Waals surface area contributed by atoms with Crippen molar-refractivity contribution in [3.63, 3.8) is 0 Å². The van der Waals surface area contributed by atoms with E-state index in [-0.39, 0.29) is 27.6 Å². The van der Waals surface area contributed by atoms with Gasteiger partial charge in [-0.05, 0) is 17.5 Å². The average molecular weight is 296 g/mol. The maximum absolute atomic E-state index is 13.3. The van der Waals surface area contributed by atoms with Gasteiger partial charge in [0.05, 0.1) is 16.3 Å². The van der Waals surface area contributed by atoms with Gasteiger partial charge in [-0.25, -0.2) is 4.39 Å². The van der Waals surface area contributed by atoms with Crippen LogP contribution in [-0.2, 0) is 4.79 Å². The van der Waals surface area contributed by atoms with Crippen LogP contribution in [0.2, 0.25) is 5.02 Å². The lowest BCUT2D eigenvalue weighted by molar-refractivity contribution is -0.117. The van der Waals surface area contributed by atoms with Gasteiger partial charge in [-0.1, -0.05) is 25.4 Å². The Balaban J connectivity index is 2.26. The van der Waals surface area contributed by atoms with Gasteiger partial charge in [0, 0.05) is 25.1 Å². The molecule has 0 saturated carbocycles. The molecule has 3 nitrogen and oxygen atoms in total. The highest BCUT2D eigenvalue weighted by Crippen LogP contribution is 2.35. The van der Waals surface area contributed by atoms with E-state index >= 15 is 0 Å². The smallest absolute Gasteiger partial charge is 0.168 e. The molecule has 106 valence electrons. The highest BCUT2D eigenvalue weighted by Gasteiger charge is 2.32. The quantitative estimate of drug-likeness (QED) is 0.823. The zero-order valence-electron chi connectivity index (χ0n) is 11.3. The van der Waals surface area contributed by atoms with Crippen LogP contribution in [0, 0.1) is 11.2 Å². The van der Waals surface area contributed by atoms with E-state index in [0.717, 1.165) is 0 Å². The molecule has 2 rings (SSSR count). The SMILES string of the molecule is CC1(C)CC(=O)C(C=Nc2ccc(Cl)c(F)c2)=C(O)C1. The third-order valence-corrected chi connectivity index (χ3v) is 3.45. The van der Waals surface area contributed by atoms with E-state index in [9.17, 15) is 14.3 Å². The van der Waals surface area contributed by atoms with Crippen LogP contribution in [0.5, 0.6) is 0 Å². The lowest BCUT2D eigenvalue weighted by Gasteiger charge is -2.28. The van der Waals surface area contributed by atoms with Gasteiger partial charge >= 0.3 is 0 Å². The van der Waals surface area contributed by atoms with Crippen LogP contribution in [0.1, 0.15) is 26.7 Å². The van der Waals surface area contributed by atoms with Crippen LogP contribution in [0.15, 0.2) is 34.5 Å². The maximum atomic E-state index is 13.3. The van der Waals surface area contributed by atoms with Crippen molar-refractivity contribution in [1.82, 2.24) is 0 Å². The fourth-order valence-corrected chi connectivity index (χ4v) is 2.27. The van der Waals surface area contributed by atoms with Gasteiger partial charge in [0.1, 0.15) is 11.6 Å². The third kappa shape index (κ3) is 3.25. The van der Waals surface area contributed by atoms with Crippen molar-refractivity contribution in [2.45, 2.75) is 26.7 Å². The molecule has 1 N–H and O–H groups in total.